The fourth-order valence-corrected chi connectivity index (χ4v) is 1.45. The predicted molar refractivity (Wildman–Crippen MR) is 59.0 cm³/mol. The summed E-state index contributed by atoms with van der Waals surface area (Å²) in [4.78, 5) is 11.2. The summed E-state index contributed by atoms with van der Waals surface area (Å²) in [6, 6.07) is 0. The predicted octanol–water partition coefficient (Wildman–Crippen LogP) is 3.19. The summed E-state index contributed by atoms with van der Waals surface area (Å²) in [5, 5.41) is 0. The van der Waals surface area contributed by atoms with Crippen LogP contribution in [0.15, 0.2) is 0 Å². The fourth-order valence-electron chi connectivity index (χ4n) is 1.45. The second-order valence-corrected chi connectivity index (χ2v) is 3.59. The Morgan fingerprint density at radius 3 is 1.69 bits per heavy atom. The summed E-state index contributed by atoms with van der Waals surface area (Å²) in [5.74, 6) is 0.738. The van der Waals surface area contributed by atoms with Gasteiger partial charge in [-0.25, -0.2) is 0 Å². The Morgan fingerprint density at radius 2 is 1.46 bits per heavy atom. The second kappa shape index (κ2) is 10.5. The zero-order valence-corrected chi connectivity index (χ0v) is 12.1. The quantitative estimate of drug-likeness (QED) is 0.658. The molecule has 0 spiro atoms. The summed E-state index contributed by atoms with van der Waals surface area (Å²) in [7, 11) is 0. The summed E-state index contributed by atoms with van der Waals surface area (Å²) >= 11 is 0. The fraction of sp³-hybridized carbons (Fsp3) is 0.909. The van der Waals surface area contributed by atoms with Crippen LogP contribution in [0.3, 0.4) is 0 Å². The summed E-state index contributed by atoms with van der Waals surface area (Å²) < 4.78 is 0. The van der Waals surface area contributed by atoms with E-state index < -0.39 is 0 Å². The number of unbranched alkanes of at least 4 members (excludes halogenated alkanes) is 2. The van der Waals surface area contributed by atoms with Gasteiger partial charge in [-0.15, -0.1) is 0 Å². The topological polar surface area (TPSA) is 17.1 Å². The van der Waals surface area contributed by atoms with E-state index in [1.807, 2.05) is 0 Å². The second-order valence-electron chi connectivity index (χ2n) is 3.59. The molecule has 0 bridgehead atoms. The van der Waals surface area contributed by atoms with Crippen LogP contribution >= 0.6 is 0 Å². The first-order valence-electron chi connectivity index (χ1n) is 5.22. The molecule has 0 fully saturated rings. The van der Waals surface area contributed by atoms with E-state index in [0.717, 1.165) is 12.8 Å². The maximum Gasteiger partial charge on any atom is 0.132 e. The molecule has 0 aliphatic rings. The summed E-state index contributed by atoms with van der Waals surface area (Å²) in [6.07, 6.45) is 7.02. The molecule has 0 heterocycles. The number of Topliss-reactive ketones (excluding diaryl/α,β-unsaturated/α-hetero) is 1. The van der Waals surface area contributed by atoms with Gasteiger partial charge in [0.05, 0.1) is 0 Å². The van der Waals surface area contributed by atoms with Gasteiger partial charge in [0.1, 0.15) is 5.78 Å². The molecule has 0 aromatic heterocycles. The first kappa shape index (κ1) is 15.9. The van der Waals surface area contributed by atoms with E-state index in [2.05, 4.69) is 13.8 Å². The molecule has 0 aliphatic carbocycles. The van der Waals surface area contributed by atoms with Crippen molar-refractivity contribution in [3.8, 4) is 0 Å². The molecule has 0 saturated heterocycles. The van der Waals surface area contributed by atoms with Gasteiger partial charge in [-0.05, 0) is 19.8 Å². The van der Waals surface area contributed by atoms with E-state index in [1.54, 1.807) is 6.92 Å². The Hall–Kier alpha value is 0.469. The standard InChI is InChI=1S/C11H22O.Sn/c1-4-6-8-11(10(3)12)9-7-5-2;/h11H,4-9H2,1-3H3;. The van der Waals surface area contributed by atoms with Crippen LogP contribution in [0, 0.1) is 5.92 Å². The molecule has 0 amide bonds. The van der Waals surface area contributed by atoms with Gasteiger partial charge in [-0.3, -0.25) is 4.79 Å². The Balaban J connectivity index is 0. The van der Waals surface area contributed by atoms with Gasteiger partial charge in [-0.1, -0.05) is 39.5 Å². The molecule has 0 saturated carbocycles. The van der Waals surface area contributed by atoms with Crippen molar-refractivity contribution in [1.29, 1.82) is 0 Å². The van der Waals surface area contributed by atoms with Crippen molar-refractivity contribution < 1.29 is 4.79 Å². The van der Waals surface area contributed by atoms with Crippen LogP contribution in [-0.4, -0.2) is 29.7 Å². The molecule has 0 N–H and O–H groups in total. The van der Waals surface area contributed by atoms with E-state index >= 15 is 0 Å². The van der Waals surface area contributed by atoms with E-state index in [1.165, 1.54) is 25.7 Å². The molecule has 1 nitrogen and oxygen atoms in total. The van der Waals surface area contributed by atoms with Crippen molar-refractivity contribution in [2.45, 2.75) is 59.3 Å². The first-order chi connectivity index (χ1) is 5.72. The van der Waals surface area contributed by atoms with Crippen LogP contribution < -0.4 is 0 Å². The number of hydrogen-bond acceptors (Lipinski definition) is 1. The van der Waals surface area contributed by atoms with E-state index in [4.69, 9.17) is 0 Å². The van der Waals surface area contributed by atoms with Crippen molar-refractivity contribution >= 4 is 29.7 Å². The first-order valence-corrected chi connectivity index (χ1v) is 5.22. The van der Waals surface area contributed by atoms with Gasteiger partial charge in [0.2, 0.25) is 0 Å². The third kappa shape index (κ3) is 8.79. The van der Waals surface area contributed by atoms with Crippen LogP contribution in [-0.2, 0) is 4.79 Å². The molecule has 0 aliphatic heterocycles. The van der Waals surface area contributed by atoms with Crippen LogP contribution in [0.25, 0.3) is 0 Å². The number of hydrogen-bond donors (Lipinski definition) is 0. The van der Waals surface area contributed by atoms with E-state index in [0.29, 0.717) is 11.7 Å². The monoisotopic (exact) mass is 290 g/mol. The SMILES string of the molecule is CCCCC(CCCC)C(C)=O.[Sn]. The molecule has 0 rings (SSSR count). The average molecular weight is 289 g/mol. The Bertz CT molecular complexity index is 115. The Labute approximate surface area is 99.6 Å². The van der Waals surface area contributed by atoms with Gasteiger partial charge >= 0.3 is 0 Å². The molecule has 76 valence electrons. The minimum Gasteiger partial charge on any atom is -0.300 e. The van der Waals surface area contributed by atoms with Gasteiger partial charge in [0, 0.05) is 29.8 Å². The molecule has 13 heavy (non-hydrogen) atoms. The third-order valence-electron chi connectivity index (χ3n) is 2.39. The Morgan fingerprint density at radius 1 is 1.08 bits per heavy atom. The van der Waals surface area contributed by atoms with Crippen molar-refractivity contribution in [3.05, 3.63) is 0 Å². The van der Waals surface area contributed by atoms with Gasteiger partial charge in [0.25, 0.3) is 0 Å². The van der Waals surface area contributed by atoms with Gasteiger partial charge in [0.15, 0.2) is 0 Å². The normalized spacial score (nSPS) is 9.85. The average Bonchev–Trinajstić information content (AvgIpc) is 2.04. The molecule has 0 aromatic carbocycles. The number of carbonyl (C=O) groups is 1. The van der Waals surface area contributed by atoms with Crippen molar-refractivity contribution in [3.63, 3.8) is 0 Å². The van der Waals surface area contributed by atoms with E-state index in [9.17, 15) is 4.79 Å². The number of carbonyl (C=O) groups excluding carboxylic acids is 1. The van der Waals surface area contributed by atoms with Crippen molar-refractivity contribution in [2.24, 2.45) is 5.92 Å². The zero-order chi connectivity index (χ0) is 9.40. The maximum absolute atomic E-state index is 11.2. The van der Waals surface area contributed by atoms with Crippen LogP contribution in [0.5, 0.6) is 0 Å². The minimum absolute atomic E-state index is 0. The summed E-state index contributed by atoms with van der Waals surface area (Å²) in [6.45, 7) is 6.09. The minimum atomic E-state index is 0. The third-order valence-corrected chi connectivity index (χ3v) is 2.39. The van der Waals surface area contributed by atoms with Crippen LogP contribution in [0.4, 0.5) is 0 Å². The largest absolute Gasteiger partial charge is 0.300 e. The van der Waals surface area contributed by atoms with Gasteiger partial charge < -0.3 is 0 Å². The molecule has 4 radical (unpaired) electrons. The Kier molecular flexibility index (Phi) is 12.9. The molecule has 0 aromatic rings. The van der Waals surface area contributed by atoms with Gasteiger partial charge in [-0.2, -0.15) is 0 Å². The van der Waals surface area contributed by atoms with Crippen LogP contribution in [0.1, 0.15) is 59.3 Å². The van der Waals surface area contributed by atoms with Crippen molar-refractivity contribution in [2.75, 3.05) is 0 Å². The molecule has 0 atom stereocenters. The smallest absolute Gasteiger partial charge is 0.132 e. The summed E-state index contributed by atoms with van der Waals surface area (Å²) in [5.41, 5.74) is 0. The molecular weight excluding hydrogens is 267 g/mol. The molecule has 2 heteroatoms. The number of ketones is 1. The van der Waals surface area contributed by atoms with E-state index in [-0.39, 0.29) is 23.9 Å². The number of rotatable bonds is 7. The van der Waals surface area contributed by atoms with Crippen molar-refractivity contribution in [1.82, 2.24) is 0 Å². The van der Waals surface area contributed by atoms with Crippen LogP contribution in [0.2, 0.25) is 0 Å². The molecular formula is C11H22OSn. The maximum atomic E-state index is 11.2. The zero-order valence-electron chi connectivity index (χ0n) is 9.23. The molecule has 0 unspecified atom stereocenters.